The topological polar surface area (TPSA) is 96.2 Å². The van der Waals surface area contributed by atoms with Gasteiger partial charge in [-0.3, -0.25) is 4.79 Å². The van der Waals surface area contributed by atoms with Crippen LogP contribution in [0.2, 0.25) is 0 Å². The molecule has 48 heavy (non-hydrogen) atoms. The van der Waals surface area contributed by atoms with E-state index in [-0.39, 0.29) is 11.6 Å². The van der Waals surface area contributed by atoms with Crippen LogP contribution in [-0.2, 0) is 18.0 Å². The van der Waals surface area contributed by atoms with E-state index >= 15 is 0 Å². The van der Waals surface area contributed by atoms with Crippen LogP contribution in [-0.4, -0.2) is 51.1 Å². The van der Waals surface area contributed by atoms with E-state index in [0.717, 1.165) is 37.3 Å². The molecule has 2 aromatic rings. The molecule has 1 atom stereocenters. The van der Waals surface area contributed by atoms with E-state index in [9.17, 15) is 31.1 Å². The number of aromatic nitrogens is 4. The number of anilines is 2. The Balaban J connectivity index is 0.000000757. The molecule has 2 N–H and O–H groups in total. The average molecular weight is 689 g/mol. The fourth-order valence-electron chi connectivity index (χ4n) is 4.98. The van der Waals surface area contributed by atoms with Gasteiger partial charge >= 0.3 is 18.3 Å². The Hall–Kier alpha value is -4.02. The van der Waals surface area contributed by atoms with Crippen LogP contribution in [0.15, 0.2) is 36.4 Å². The maximum atomic E-state index is 13.2. The number of alkyl halides is 6. The Morgan fingerprint density at radius 2 is 1.58 bits per heavy atom. The lowest BCUT2D eigenvalue weighted by molar-refractivity contribution is -0.139. The number of tetrazole rings is 1. The molecule has 1 unspecified atom stereocenters. The van der Waals surface area contributed by atoms with Gasteiger partial charge in [-0.15, -0.1) is 17.9 Å². The Morgan fingerprint density at radius 3 is 2.02 bits per heavy atom. The van der Waals surface area contributed by atoms with Gasteiger partial charge in [-0.25, -0.2) is 0 Å². The lowest BCUT2D eigenvalue weighted by atomic mass is 9.87. The Bertz CT molecular complexity index is 1280. The number of halogens is 6. The van der Waals surface area contributed by atoms with Crippen molar-refractivity contribution in [1.82, 2.24) is 20.2 Å². The van der Waals surface area contributed by atoms with Gasteiger partial charge in [0.25, 0.3) is 5.95 Å². The zero-order valence-electron chi connectivity index (χ0n) is 28.7. The summed E-state index contributed by atoms with van der Waals surface area (Å²) in [6.45, 7) is 7.75. The summed E-state index contributed by atoms with van der Waals surface area (Å²) in [5, 5.41) is 23.4. The summed E-state index contributed by atoms with van der Waals surface area (Å²) in [7, 11) is 3.48. The van der Waals surface area contributed by atoms with Gasteiger partial charge in [0.1, 0.15) is 0 Å². The van der Waals surface area contributed by atoms with Gasteiger partial charge in [0.2, 0.25) is 0 Å². The first-order valence-electron chi connectivity index (χ1n) is 15.8. The van der Waals surface area contributed by atoms with Gasteiger partial charge in [-0.05, 0) is 81.7 Å². The van der Waals surface area contributed by atoms with Crippen LogP contribution in [0.25, 0.3) is 0 Å². The highest BCUT2D eigenvalue weighted by molar-refractivity contribution is 5.67. The van der Waals surface area contributed by atoms with Crippen LogP contribution in [0.4, 0.5) is 38.0 Å². The Labute approximate surface area is 280 Å². The lowest BCUT2D eigenvalue weighted by Crippen LogP contribution is -2.20. The number of terminal acetylenes is 1. The number of aliphatic carboxylic acids is 1. The smallest absolute Gasteiger partial charge is 0.416 e. The van der Waals surface area contributed by atoms with E-state index in [1.54, 1.807) is 20.0 Å². The molecule has 0 bridgehead atoms. The summed E-state index contributed by atoms with van der Waals surface area (Å²) in [4.78, 5) is 13.5. The van der Waals surface area contributed by atoms with Gasteiger partial charge < -0.3 is 15.3 Å². The second kappa shape index (κ2) is 22.5. The van der Waals surface area contributed by atoms with Gasteiger partial charge in [0.05, 0.1) is 25.1 Å². The molecule has 1 fully saturated rings. The van der Waals surface area contributed by atoms with Gasteiger partial charge in [-0.1, -0.05) is 54.7 Å². The normalized spacial score (nSPS) is 16.5. The molecule has 2 heterocycles. The number of carboxylic acids is 1. The van der Waals surface area contributed by atoms with Crippen LogP contribution in [0.1, 0.15) is 101 Å². The maximum Gasteiger partial charge on any atom is 0.416 e. The minimum absolute atomic E-state index is 0.157. The van der Waals surface area contributed by atoms with Crippen LogP contribution < -0.4 is 10.2 Å². The summed E-state index contributed by atoms with van der Waals surface area (Å²) in [5.41, 5.74) is 1.04. The van der Waals surface area contributed by atoms with Crippen molar-refractivity contribution in [3.05, 3.63) is 53.1 Å². The van der Waals surface area contributed by atoms with E-state index in [2.05, 4.69) is 33.6 Å². The largest absolute Gasteiger partial charge is 0.481 e. The summed E-state index contributed by atoms with van der Waals surface area (Å²) < 4.78 is 73.3. The molecule has 1 aliphatic carbocycles. The number of nitrogens with zero attached hydrogens (tertiary/aromatic N) is 5. The minimum atomic E-state index is -4.36. The molecule has 0 amide bonds. The molecular formula is C34H50F6N6O2. The highest BCUT2D eigenvalue weighted by atomic mass is 19.4. The number of carbonyl (C=O) groups is 1. The van der Waals surface area contributed by atoms with Crippen molar-refractivity contribution in [1.29, 1.82) is 0 Å². The van der Waals surface area contributed by atoms with Crippen molar-refractivity contribution in [2.75, 3.05) is 23.8 Å². The first-order chi connectivity index (χ1) is 22.5. The SMILES string of the molecule is C#C.C/C=C/CC(F)(F)F.C/C=C\C.Cc1cc2c(cc1C(F)(F)F)N(C)CCCC2Nc1nnn(C)n1.O=C(O)CC1CCCCC1. The fourth-order valence-corrected chi connectivity index (χ4v) is 4.98. The van der Waals surface area contributed by atoms with E-state index in [0.29, 0.717) is 30.5 Å². The molecule has 8 nitrogen and oxygen atoms in total. The van der Waals surface area contributed by atoms with Crippen LogP contribution in [0, 0.1) is 25.7 Å². The average Bonchev–Trinajstić information content (AvgIpc) is 3.37. The highest BCUT2D eigenvalue weighted by Crippen LogP contribution is 2.40. The van der Waals surface area contributed by atoms with Crippen molar-refractivity contribution in [2.45, 2.75) is 104 Å². The number of hydrogen-bond donors (Lipinski definition) is 2. The highest BCUT2D eigenvalue weighted by Gasteiger charge is 2.35. The van der Waals surface area contributed by atoms with Crippen LogP contribution in [0.3, 0.4) is 0 Å². The van der Waals surface area contributed by atoms with Crippen molar-refractivity contribution in [3.8, 4) is 12.8 Å². The monoisotopic (exact) mass is 688 g/mol. The summed E-state index contributed by atoms with van der Waals surface area (Å²) >= 11 is 0. The van der Waals surface area contributed by atoms with Gasteiger partial charge in [0, 0.05) is 25.7 Å². The Kier molecular flexibility index (Phi) is 20.6. The van der Waals surface area contributed by atoms with Crippen molar-refractivity contribution >= 4 is 17.6 Å². The number of nitrogens with one attached hydrogen (secondary N) is 1. The van der Waals surface area contributed by atoms with Crippen LogP contribution in [0.5, 0.6) is 0 Å². The third kappa shape index (κ3) is 17.8. The number of rotatable bonds is 5. The molecule has 14 heteroatoms. The number of fused-ring (bicyclic) bond motifs is 1. The zero-order chi connectivity index (χ0) is 36.9. The molecule has 4 rings (SSSR count). The molecule has 0 saturated heterocycles. The molecule has 2 aliphatic rings. The number of hydrogen-bond acceptors (Lipinski definition) is 6. The summed E-state index contributed by atoms with van der Waals surface area (Å²) in [6, 6.07) is 2.71. The van der Waals surface area contributed by atoms with Crippen molar-refractivity contribution in [3.63, 3.8) is 0 Å². The molecule has 1 aromatic carbocycles. The molecule has 0 radical (unpaired) electrons. The molecule has 270 valence electrons. The maximum absolute atomic E-state index is 13.2. The second-order valence-electron chi connectivity index (χ2n) is 11.2. The van der Waals surface area contributed by atoms with Crippen LogP contribution >= 0.6 is 0 Å². The zero-order valence-corrected chi connectivity index (χ0v) is 28.7. The van der Waals surface area contributed by atoms with Crippen molar-refractivity contribution < 1.29 is 36.2 Å². The predicted octanol–water partition coefficient (Wildman–Crippen LogP) is 9.31. The fraction of sp³-hybridized carbons (Fsp3) is 0.588. The third-order valence-corrected chi connectivity index (χ3v) is 7.37. The lowest BCUT2D eigenvalue weighted by Gasteiger charge is -2.24. The number of carboxylic acid groups (broad SMARTS) is 1. The first-order valence-corrected chi connectivity index (χ1v) is 15.8. The van der Waals surface area contributed by atoms with Crippen molar-refractivity contribution in [2.24, 2.45) is 13.0 Å². The van der Waals surface area contributed by atoms with Gasteiger partial charge in [-0.2, -0.15) is 31.1 Å². The first kappa shape index (κ1) is 44.0. The minimum Gasteiger partial charge on any atom is -0.481 e. The molecule has 1 aliphatic heterocycles. The molecular weight excluding hydrogens is 638 g/mol. The summed E-state index contributed by atoms with van der Waals surface area (Å²) in [5.74, 6) is 0.216. The van der Waals surface area contributed by atoms with E-state index in [1.807, 2.05) is 37.9 Å². The molecule has 1 saturated carbocycles. The third-order valence-electron chi connectivity index (χ3n) is 7.37. The number of benzene rings is 1. The predicted molar refractivity (Wildman–Crippen MR) is 179 cm³/mol. The second-order valence-corrected chi connectivity index (χ2v) is 11.2. The number of aryl methyl sites for hydroxylation is 2. The van der Waals surface area contributed by atoms with E-state index in [4.69, 9.17) is 5.11 Å². The van der Waals surface area contributed by atoms with E-state index in [1.165, 1.54) is 43.1 Å². The van der Waals surface area contributed by atoms with Gasteiger partial charge in [0.15, 0.2) is 0 Å². The van der Waals surface area contributed by atoms with E-state index < -0.39 is 30.3 Å². The molecule has 1 aromatic heterocycles. The molecule has 0 spiro atoms. The summed E-state index contributed by atoms with van der Waals surface area (Å²) in [6.07, 6.45) is 13.3. The Morgan fingerprint density at radius 1 is 0.979 bits per heavy atom. The number of allylic oxidation sites excluding steroid dienone is 4. The quantitative estimate of drug-likeness (QED) is 0.184. The standard InChI is InChI=1S/C15H19F3N6.C8H14O2.C5H7F3.C4H8.C2H2/c1-9-7-10-12(19-14-20-22-24(3)21-14)5-4-6-23(2)13(10)8-11(9)15(16,17)18;9-8(10)6-7-4-2-1-3-5-7;1-2-3-4-5(6,7)8;1-3-4-2;1-2/h7-8,12H,4-6H2,1-3H3,(H,19,21);7H,1-6H2,(H,9,10);2-3H,4H2,1H3;3-4H,1-2H3;1-2H/b;;3-2+;4-3-;.